The maximum absolute atomic E-state index is 12.0. The highest BCUT2D eigenvalue weighted by Crippen LogP contribution is 2.12. The Labute approximate surface area is 154 Å². The third kappa shape index (κ3) is 6.59. The maximum Gasteiger partial charge on any atom is 0.269 e. The SMILES string of the molecule is CCOc1ccc(C(=O)NNC(=O)CCCCc2ccc(C)cc2)cc1. The first-order valence-corrected chi connectivity index (χ1v) is 8.96. The van der Waals surface area contributed by atoms with Crippen LogP contribution in [0.2, 0.25) is 0 Å². The van der Waals surface area contributed by atoms with Crippen molar-refractivity contribution >= 4 is 11.8 Å². The minimum atomic E-state index is -0.346. The van der Waals surface area contributed by atoms with Crippen LogP contribution >= 0.6 is 0 Å². The molecule has 2 aromatic rings. The van der Waals surface area contributed by atoms with Gasteiger partial charge in [0, 0.05) is 12.0 Å². The number of nitrogens with one attached hydrogen (secondary N) is 2. The van der Waals surface area contributed by atoms with Crippen molar-refractivity contribution in [3.05, 3.63) is 65.2 Å². The number of aryl methyl sites for hydroxylation is 2. The van der Waals surface area contributed by atoms with Gasteiger partial charge in [0.25, 0.3) is 5.91 Å². The third-order valence-corrected chi connectivity index (χ3v) is 3.98. The van der Waals surface area contributed by atoms with E-state index in [1.807, 2.05) is 6.92 Å². The maximum atomic E-state index is 12.0. The first kappa shape index (κ1) is 19.5. The van der Waals surface area contributed by atoms with Gasteiger partial charge in [-0.25, -0.2) is 0 Å². The molecule has 5 heteroatoms. The number of benzene rings is 2. The van der Waals surface area contributed by atoms with Gasteiger partial charge in [0.2, 0.25) is 5.91 Å². The fourth-order valence-corrected chi connectivity index (χ4v) is 2.50. The normalized spacial score (nSPS) is 10.2. The van der Waals surface area contributed by atoms with Crippen molar-refractivity contribution in [2.75, 3.05) is 6.61 Å². The average Bonchev–Trinajstić information content (AvgIpc) is 2.65. The van der Waals surface area contributed by atoms with Crippen LogP contribution in [-0.2, 0) is 11.2 Å². The van der Waals surface area contributed by atoms with Gasteiger partial charge in [0.05, 0.1) is 6.61 Å². The van der Waals surface area contributed by atoms with E-state index in [2.05, 4.69) is 42.0 Å². The summed E-state index contributed by atoms with van der Waals surface area (Å²) in [4.78, 5) is 23.8. The van der Waals surface area contributed by atoms with Gasteiger partial charge in [0.15, 0.2) is 0 Å². The molecule has 2 amide bonds. The Hall–Kier alpha value is -2.82. The number of hydrogen-bond donors (Lipinski definition) is 2. The quantitative estimate of drug-likeness (QED) is 0.562. The second-order valence-electron chi connectivity index (χ2n) is 6.15. The lowest BCUT2D eigenvalue weighted by atomic mass is 10.1. The minimum Gasteiger partial charge on any atom is -0.494 e. The molecule has 0 radical (unpaired) electrons. The highest BCUT2D eigenvalue weighted by atomic mass is 16.5. The van der Waals surface area contributed by atoms with Crippen molar-refractivity contribution < 1.29 is 14.3 Å². The van der Waals surface area contributed by atoms with E-state index in [-0.39, 0.29) is 11.8 Å². The average molecular weight is 354 g/mol. The molecule has 0 saturated heterocycles. The second kappa shape index (κ2) is 10.2. The summed E-state index contributed by atoms with van der Waals surface area (Å²) in [6, 6.07) is 15.2. The Kier molecular flexibility index (Phi) is 7.68. The van der Waals surface area contributed by atoms with Crippen LogP contribution in [0.5, 0.6) is 5.75 Å². The van der Waals surface area contributed by atoms with Crippen LogP contribution in [-0.4, -0.2) is 18.4 Å². The number of carbonyl (C=O) groups excluding carboxylic acids is 2. The van der Waals surface area contributed by atoms with E-state index in [0.717, 1.165) is 19.3 Å². The summed E-state index contributed by atoms with van der Waals surface area (Å²) in [6.07, 6.45) is 3.05. The molecule has 0 aliphatic rings. The molecule has 2 rings (SSSR count). The molecule has 0 spiro atoms. The van der Waals surface area contributed by atoms with Crippen LogP contribution in [0.4, 0.5) is 0 Å². The van der Waals surface area contributed by atoms with Gasteiger partial charge in [-0.1, -0.05) is 29.8 Å². The molecule has 0 aliphatic carbocycles. The lowest BCUT2D eigenvalue weighted by Gasteiger charge is -2.08. The van der Waals surface area contributed by atoms with Crippen molar-refractivity contribution in [2.24, 2.45) is 0 Å². The van der Waals surface area contributed by atoms with Gasteiger partial charge < -0.3 is 4.74 Å². The number of carbonyl (C=O) groups is 2. The predicted molar refractivity (Wildman–Crippen MR) is 102 cm³/mol. The van der Waals surface area contributed by atoms with Crippen LogP contribution in [0.3, 0.4) is 0 Å². The Morgan fingerprint density at radius 2 is 1.62 bits per heavy atom. The highest BCUT2D eigenvalue weighted by Gasteiger charge is 2.07. The van der Waals surface area contributed by atoms with Gasteiger partial charge in [0.1, 0.15) is 5.75 Å². The molecule has 26 heavy (non-hydrogen) atoms. The number of hydrogen-bond acceptors (Lipinski definition) is 3. The standard InChI is InChI=1S/C21H26N2O3/c1-3-26-19-14-12-18(13-15-19)21(25)23-22-20(24)7-5-4-6-17-10-8-16(2)9-11-17/h8-15H,3-7H2,1-2H3,(H,22,24)(H,23,25). The Bertz CT molecular complexity index is 709. The zero-order valence-electron chi connectivity index (χ0n) is 15.4. The van der Waals surface area contributed by atoms with Gasteiger partial charge >= 0.3 is 0 Å². The molecule has 138 valence electrons. The van der Waals surface area contributed by atoms with Crippen molar-refractivity contribution in [3.63, 3.8) is 0 Å². The molecular weight excluding hydrogens is 328 g/mol. The molecule has 0 bridgehead atoms. The molecule has 0 saturated carbocycles. The summed E-state index contributed by atoms with van der Waals surface area (Å²) in [5.74, 6) is 0.177. The van der Waals surface area contributed by atoms with Crippen molar-refractivity contribution in [1.82, 2.24) is 10.9 Å². The van der Waals surface area contributed by atoms with Crippen molar-refractivity contribution in [2.45, 2.75) is 39.5 Å². The lowest BCUT2D eigenvalue weighted by molar-refractivity contribution is -0.121. The van der Waals surface area contributed by atoms with Crippen LogP contribution in [0.25, 0.3) is 0 Å². The van der Waals surface area contributed by atoms with E-state index in [0.29, 0.717) is 24.3 Å². The third-order valence-electron chi connectivity index (χ3n) is 3.98. The zero-order valence-corrected chi connectivity index (χ0v) is 15.4. The summed E-state index contributed by atoms with van der Waals surface area (Å²) < 4.78 is 5.33. The number of amides is 2. The lowest BCUT2D eigenvalue weighted by Crippen LogP contribution is -2.41. The first-order chi connectivity index (χ1) is 12.6. The minimum absolute atomic E-state index is 0.187. The van der Waals surface area contributed by atoms with Gasteiger partial charge in [-0.05, 0) is 62.9 Å². The topological polar surface area (TPSA) is 67.4 Å². The summed E-state index contributed by atoms with van der Waals surface area (Å²) in [6.45, 7) is 4.54. The van der Waals surface area contributed by atoms with E-state index in [1.165, 1.54) is 11.1 Å². The highest BCUT2D eigenvalue weighted by molar-refractivity contribution is 5.95. The predicted octanol–water partition coefficient (Wildman–Crippen LogP) is 3.57. The molecular formula is C21H26N2O3. The molecule has 0 heterocycles. The van der Waals surface area contributed by atoms with Crippen molar-refractivity contribution in [3.8, 4) is 5.75 Å². The Morgan fingerprint density at radius 1 is 0.923 bits per heavy atom. The molecule has 0 unspecified atom stereocenters. The summed E-state index contributed by atoms with van der Waals surface area (Å²) in [7, 11) is 0. The molecule has 0 aromatic heterocycles. The van der Waals surface area contributed by atoms with Crippen LogP contribution in [0, 0.1) is 6.92 Å². The van der Waals surface area contributed by atoms with Gasteiger partial charge in [-0.2, -0.15) is 0 Å². The monoisotopic (exact) mass is 354 g/mol. The summed E-state index contributed by atoms with van der Waals surface area (Å²) in [5, 5.41) is 0. The summed E-state index contributed by atoms with van der Waals surface area (Å²) >= 11 is 0. The van der Waals surface area contributed by atoms with Crippen LogP contribution < -0.4 is 15.6 Å². The number of rotatable bonds is 8. The molecule has 5 nitrogen and oxygen atoms in total. The van der Waals surface area contributed by atoms with Gasteiger partial charge in [-0.15, -0.1) is 0 Å². The molecule has 2 aromatic carbocycles. The summed E-state index contributed by atoms with van der Waals surface area (Å²) in [5.41, 5.74) is 7.88. The molecule has 0 aliphatic heterocycles. The second-order valence-corrected chi connectivity index (χ2v) is 6.15. The number of unbranched alkanes of at least 4 members (excludes halogenated alkanes) is 1. The number of ether oxygens (including phenoxy) is 1. The Morgan fingerprint density at radius 3 is 2.27 bits per heavy atom. The molecule has 2 N–H and O–H groups in total. The smallest absolute Gasteiger partial charge is 0.269 e. The first-order valence-electron chi connectivity index (χ1n) is 8.96. The Balaban J connectivity index is 1.64. The molecule has 0 fully saturated rings. The van der Waals surface area contributed by atoms with E-state index < -0.39 is 0 Å². The zero-order chi connectivity index (χ0) is 18.8. The van der Waals surface area contributed by atoms with E-state index in [1.54, 1.807) is 24.3 Å². The fourth-order valence-electron chi connectivity index (χ4n) is 2.50. The fraction of sp³-hybridized carbons (Fsp3) is 0.333. The van der Waals surface area contributed by atoms with Crippen molar-refractivity contribution in [1.29, 1.82) is 0 Å². The van der Waals surface area contributed by atoms with E-state index in [4.69, 9.17) is 4.74 Å². The van der Waals surface area contributed by atoms with Crippen LogP contribution in [0.15, 0.2) is 48.5 Å². The largest absolute Gasteiger partial charge is 0.494 e. The van der Waals surface area contributed by atoms with Crippen LogP contribution in [0.1, 0.15) is 47.7 Å². The number of hydrazine groups is 1. The van der Waals surface area contributed by atoms with E-state index >= 15 is 0 Å². The van der Waals surface area contributed by atoms with Gasteiger partial charge in [-0.3, -0.25) is 20.4 Å². The molecule has 0 atom stereocenters. The van der Waals surface area contributed by atoms with E-state index in [9.17, 15) is 9.59 Å².